The van der Waals surface area contributed by atoms with Crippen molar-refractivity contribution >= 4 is 0 Å². The molecule has 1 aliphatic heterocycles. The molecular weight excluding hydrogens is 1320 g/mol. The quantitative estimate of drug-likeness (QED) is 0.0760. The molecule has 0 saturated carbocycles. The molecule has 2 rings (SSSR count). The molecule has 0 spiro atoms. The number of ether oxygens (including phenoxy) is 4. The van der Waals surface area contributed by atoms with E-state index in [1.807, 2.05) is 6.92 Å². The Morgan fingerprint density at radius 2 is 0.657 bits per heavy atom. The zero-order chi connectivity index (χ0) is 87.3. The summed E-state index contributed by atoms with van der Waals surface area (Å²) in [6.07, 6.45) is 5.42. The van der Waals surface area contributed by atoms with Crippen LogP contribution in [0.25, 0.3) is 0 Å². The van der Waals surface area contributed by atoms with E-state index in [1.54, 1.807) is 14.2 Å². The van der Waals surface area contributed by atoms with Crippen LogP contribution in [0.5, 0.6) is 0 Å². The molecule has 1 fully saturated rings. The highest BCUT2D eigenvalue weighted by atomic mass is 16.5. The maximum atomic E-state index is 9.35. The normalized spacial score (nSPS) is 14.1. The van der Waals surface area contributed by atoms with Gasteiger partial charge in [0.25, 0.3) is 0 Å². The van der Waals surface area contributed by atoms with E-state index in [1.165, 1.54) is 31.2 Å². The summed E-state index contributed by atoms with van der Waals surface area (Å²) in [7, 11) is 3.57. The number of aliphatic hydroxyl groups is 1. The van der Waals surface area contributed by atoms with Gasteiger partial charge < -0.3 is 24.1 Å². The van der Waals surface area contributed by atoms with Crippen LogP contribution in [0.2, 0.25) is 0 Å². The Bertz CT molecular complexity index is 1820. The Labute approximate surface area is 688 Å². The third kappa shape index (κ3) is 63.3. The van der Waals surface area contributed by atoms with E-state index in [4.69, 9.17) is 18.9 Å². The number of benzene rings is 1. The van der Waals surface area contributed by atoms with Crippen molar-refractivity contribution in [2.75, 3.05) is 40.6 Å². The van der Waals surface area contributed by atoms with Gasteiger partial charge in [-0.05, 0) is 248 Å². The predicted molar refractivity (Wildman–Crippen MR) is 497 cm³/mol. The molecule has 1 aliphatic rings. The SMILES string of the molecule is CC(C)C(C(C)C)C(C)C.CC(C)C(C(C)C)C(C)O.CC(C)C(C(C)C)C1CCOCC1.CC(C)C(C)C(C)C.CC(C)C(COC(C)(C)C)C(C)C.CC(C)C(c1ccccc1)C(C)C.CCC(C(C)C)C(C)C.CCC(C)C(C(C)C)C(C)C.COC(C)C(C(C)C)C(C)C.COCC(C(C)C)C(C)C. The van der Waals surface area contributed by atoms with Crippen molar-refractivity contribution in [1.82, 2.24) is 0 Å². The highest BCUT2D eigenvalue weighted by Crippen LogP contribution is 2.36. The molecule has 1 N–H and O–H groups in total. The van der Waals surface area contributed by atoms with Crippen LogP contribution >= 0.6 is 0 Å². The van der Waals surface area contributed by atoms with E-state index < -0.39 is 0 Å². The highest BCUT2D eigenvalue weighted by molar-refractivity contribution is 5.20. The number of methoxy groups -OCH3 is 2. The van der Waals surface area contributed by atoms with Crippen molar-refractivity contribution in [3.63, 3.8) is 0 Å². The topological polar surface area (TPSA) is 57.2 Å². The van der Waals surface area contributed by atoms with Gasteiger partial charge >= 0.3 is 0 Å². The zero-order valence-electron chi connectivity index (χ0n) is 84.8. The lowest BCUT2D eigenvalue weighted by atomic mass is 9.73. The molecule has 1 aromatic carbocycles. The van der Waals surface area contributed by atoms with Gasteiger partial charge in [0.2, 0.25) is 0 Å². The molecule has 0 bridgehead atoms. The molecular formula is C103H216O5. The lowest BCUT2D eigenvalue weighted by Gasteiger charge is -2.35. The Morgan fingerprint density at radius 3 is 0.806 bits per heavy atom. The second kappa shape index (κ2) is 69.2. The van der Waals surface area contributed by atoms with Gasteiger partial charge in [0.05, 0.1) is 24.4 Å². The van der Waals surface area contributed by atoms with Gasteiger partial charge in [-0.3, -0.25) is 0 Å². The first kappa shape index (κ1) is 123. The van der Waals surface area contributed by atoms with Crippen LogP contribution in [0.15, 0.2) is 30.3 Å². The first-order chi connectivity index (χ1) is 49.2. The van der Waals surface area contributed by atoms with Crippen molar-refractivity contribution in [1.29, 1.82) is 0 Å². The molecule has 3 unspecified atom stereocenters. The molecule has 0 aliphatic carbocycles. The van der Waals surface area contributed by atoms with Gasteiger partial charge in [0, 0.05) is 34.0 Å². The molecule has 108 heavy (non-hydrogen) atoms. The molecule has 0 aromatic heterocycles. The largest absolute Gasteiger partial charge is 0.393 e. The van der Waals surface area contributed by atoms with Crippen LogP contribution in [0.4, 0.5) is 0 Å². The maximum Gasteiger partial charge on any atom is 0.0598 e. The second-order valence-corrected chi connectivity index (χ2v) is 42.1. The summed E-state index contributed by atoms with van der Waals surface area (Å²) in [5, 5.41) is 9.35. The van der Waals surface area contributed by atoms with Gasteiger partial charge in [0.1, 0.15) is 0 Å². The molecule has 658 valence electrons. The smallest absolute Gasteiger partial charge is 0.0598 e. The van der Waals surface area contributed by atoms with Gasteiger partial charge in [-0.15, -0.1) is 0 Å². The summed E-state index contributed by atoms with van der Waals surface area (Å²) in [6, 6.07) is 10.8. The molecule has 5 heteroatoms. The first-order valence-electron chi connectivity index (χ1n) is 46.1. The van der Waals surface area contributed by atoms with E-state index >= 15 is 0 Å². The van der Waals surface area contributed by atoms with Crippen molar-refractivity contribution in [2.24, 2.45) is 189 Å². The van der Waals surface area contributed by atoms with E-state index in [9.17, 15) is 5.11 Å². The summed E-state index contributed by atoms with van der Waals surface area (Å²) in [5.74, 6) is 25.6. The number of hydrogen-bond acceptors (Lipinski definition) is 5. The highest BCUT2D eigenvalue weighted by Gasteiger charge is 2.30. The fourth-order valence-electron chi connectivity index (χ4n) is 19.1. The Hall–Kier alpha value is -0.980. The van der Waals surface area contributed by atoms with Gasteiger partial charge in [0.15, 0.2) is 0 Å². The summed E-state index contributed by atoms with van der Waals surface area (Å²) < 4.78 is 21.7. The average molecular weight is 1530 g/mol. The minimum atomic E-state index is -0.167. The Kier molecular flexibility index (Phi) is 78.6. The lowest BCUT2D eigenvalue weighted by molar-refractivity contribution is -0.0384. The Balaban J connectivity index is -0.000000172. The monoisotopic (exact) mass is 1530 g/mol. The van der Waals surface area contributed by atoms with E-state index in [0.29, 0.717) is 71.2 Å². The molecule has 1 saturated heterocycles. The van der Waals surface area contributed by atoms with E-state index in [-0.39, 0.29) is 11.7 Å². The first-order valence-corrected chi connectivity index (χ1v) is 46.1. The predicted octanol–water partition coefficient (Wildman–Crippen LogP) is 32.7. The van der Waals surface area contributed by atoms with Gasteiger partial charge in [-0.2, -0.15) is 0 Å². The average Bonchev–Trinajstić information content (AvgIpc) is 0.868. The summed E-state index contributed by atoms with van der Waals surface area (Å²) >= 11 is 0. The number of aliphatic hydroxyl groups excluding tert-OH is 1. The van der Waals surface area contributed by atoms with E-state index in [2.05, 4.69) is 377 Å². The molecule has 0 amide bonds. The molecule has 1 heterocycles. The third-order valence-electron chi connectivity index (χ3n) is 24.5. The molecule has 1 aromatic rings. The van der Waals surface area contributed by atoms with Crippen LogP contribution in [0.1, 0.15) is 390 Å². The van der Waals surface area contributed by atoms with Crippen molar-refractivity contribution in [3.8, 4) is 0 Å². The second-order valence-electron chi connectivity index (χ2n) is 42.1. The lowest BCUT2D eigenvalue weighted by Crippen LogP contribution is -2.30. The van der Waals surface area contributed by atoms with Crippen LogP contribution in [0.3, 0.4) is 0 Å². The van der Waals surface area contributed by atoms with Crippen LogP contribution in [-0.2, 0) is 18.9 Å². The number of hydrogen-bond donors (Lipinski definition) is 1. The van der Waals surface area contributed by atoms with Crippen molar-refractivity contribution in [3.05, 3.63) is 35.9 Å². The fraction of sp³-hybridized carbons (Fsp3) is 0.942. The van der Waals surface area contributed by atoms with Crippen LogP contribution < -0.4 is 0 Å². The van der Waals surface area contributed by atoms with Crippen LogP contribution in [-0.4, -0.2) is 63.6 Å². The maximum absolute atomic E-state index is 9.35. The minimum Gasteiger partial charge on any atom is -0.393 e. The van der Waals surface area contributed by atoms with E-state index in [0.717, 1.165) is 157 Å². The standard InChI is InChI=1S/C13H20.C12H24O.C12H26O.C11H24.C10H22O.C10H22.2C9H20O.C9H20.C8H18/c1-10(2)13(11(3)4)12-8-6-5-7-9-12;1-9(2)12(10(3)4)11-5-7-13-8-6-11;1-9(2)11(10(3)4)8-13-12(5,6)7;1-7-10(6)11(8(2)3)9(4)5;1-7(2)10(8(3)4)9(5)11-6;1-7(2)10(8(3)4)9(5)6;1-7(2)9(6-10-5)8(3)4;1-6(2)9(7(3)4)8(5)10;1-6-9(7(2)3)8(4)5;1-6(2)8(5)7(3)4/h5-11,13H,1-4H3;9-12H,5-8H2,1-4H3;9-11H,8H2,1-7H3;8-11H,7H2,1-6H3;7-10H,1-6H3;7-10H,1-6H3;7-9H,6H2,1-5H3;6-10H,1-5H3;7-9H,6H2,1-5H3;6-8H,1-5H3. The molecule has 5 nitrogen and oxygen atoms in total. The van der Waals surface area contributed by atoms with Crippen molar-refractivity contribution in [2.45, 2.75) is 403 Å². The molecule has 0 radical (unpaired) electrons. The van der Waals surface area contributed by atoms with Crippen molar-refractivity contribution < 1.29 is 24.1 Å². The van der Waals surface area contributed by atoms with Gasteiger partial charge in [-0.1, -0.05) is 362 Å². The third-order valence-corrected chi connectivity index (χ3v) is 24.5. The number of rotatable bonds is 33. The minimum absolute atomic E-state index is 0.00201. The summed E-state index contributed by atoms with van der Waals surface area (Å²) in [4.78, 5) is 0. The summed E-state index contributed by atoms with van der Waals surface area (Å²) in [6.45, 7) is 120. The Morgan fingerprint density at radius 1 is 0.352 bits per heavy atom. The van der Waals surface area contributed by atoms with Gasteiger partial charge in [-0.25, -0.2) is 0 Å². The fourth-order valence-corrected chi connectivity index (χ4v) is 19.1. The van der Waals surface area contributed by atoms with Crippen LogP contribution in [0, 0.1) is 189 Å². The zero-order valence-corrected chi connectivity index (χ0v) is 84.8. The molecule has 3 atom stereocenters. The summed E-state index contributed by atoms with van der Waals surface area (Å²) in [5.41, 5.74) is 1.48.